The van der Waals surface area contributed by atoms with E-state index in [4.69, 9.17) is 19.0 Å². The zero-order valence-corrected chi connectivity index (χ0v) is 10.5. The lowest BCUT2D eigenvalue weighted by molar-refractivity contribution is -0.136. The van der Waals surface area contributed by atoms with E-state index < -0.39 is 5.97 Å². The number of methoxy groups -OCH3 is 2. The van der Waals surface area contributed by atoms with E-state index in [9.17, 15) is 4.79 Å². The van der Waals surface area contributed by atoms with Crippen LogP contribution in [0.5, 0.6) is 11.5 Å². The van der Waals surface area contributed by atoms with Gasteiger partial charge in [-0.15, -0.1) is 0 Å². The van der Waals surface area contributed by atoms with Crippen LogP contribution in [0.1, 0.15) is 5.69 Å². The van der Waals surface area contributed by atoms with Gasteiger partial charge in [0.2, 0.25) is 5.89 Å². The fraction of sp³-hybridized carbons (Fsp3) is 0.231. The molecule has 0 aliphatic heterocycles. The topological polar surface area (TPSA) is 81.8 Å². The Kier molecular flexibility index (Phi) is 3.70. The minimum Gasteiger partial charge on any atom is -0.497 e. The van der Waals surface area contributed by atoms with Gasteiger partial charge in [0.05, 0.1) is 26.3 Å². The zero-order chi connectivity index (χ0) is 13.8. The average Bonchev–Trinajstić information content (AvgIpc) is 2.85. The Morgan fingerprint density at radius 3 is 2.42 bits per heavy atom. The quantitative estimate of drug-likeness (QED) is 0.888. The van der Waals surface area contributed by atoms with Gasteiger partial charge in [0.1, 0.15) is 17.8 Å². The number of carbonyl (C=O) groups is 1. The second kappa shape index (κ2) is 5.43. The third-order valence-corrected chi connectivity index (χ3v) is 2.48. The molecule has 0 fully saturated rings. The van der Waals surface area contributed by atoms with Crippen molar-refractivity contribution in [2.75, 3.05) is 14.2 Å². The van der Waals surface area contributed by atoms with Gasteiger partial charge in [-0.05, 0) is 12.1 Å². The Balaban J connectivity index is 2.35. The first-order valence-corrected chi connectivity index (χ1v) is 5.52. The van der Waals surface area contributed by atoms with Crippen molar-refractivity contribution in [1.82, 2.24) is 4.98 Å². The molecule has 0 aliphatic carbocycles. The first-order chi connectivity index (χ1) is 9.12. The molecule has 0 saturated heterocycles. The van der Waals surface area contributed by atoms with E-state index in [1.165, 1.54) is 6.26 Å². The van der Waals surface area contributed by atoms with Crippen molar-refractivity contribution in [3.8, 4) is 23.0 Å². The maximum Gasteiger partial charge on any atom is 0.309 e. The predicted octanol–water partition coefficient (Wildman–Crippen LogP) is 1.99. The third kappa shape index (κ3) is 3.04. The first-order valence-electron chi connectivity index (χ1n) is 5.52. The van der Waals surface area contributed by atoms with Crippen LogP contribution in [0.3, 0.4) is 0 Å². The van der Waals surface area contributed by atoms with Crippen LogP contribution in [0, 0.1) is 0 Å². The Hall–Kier alpha value is -2.50. The molecule has 100 valence electrons. The predicted molar refractivity (Wildman–Crippen MR) is 66.4 cm³/mol. The normalized spacial score (nSPS) is 10.2. The lowest BCUT2D eigenvalue weighted by atomic mass is 10.2. The molecule has 0 bridgehead atoms. The van der Waals surface area contributed by atoms with Gasteiger partial charge < -0.3 is 19.0 Å². The van der Waals surface area contributed by atoms with Crippen LogP contribution >= 0.6 is 0 Å². The van der Waals surface area contributed by atoms with Crippen molar-refractivity contribution < 1.29 is 23.8 Å². The second-order valence-electron chi connectivity index (χ2n) is 3.82. The molecule has 0 radical (unpaired) electrons. The highest BCUT2D eigenvalue weighted by Gasteiger charge is 2.12. The number of ether oxygens (including phenoxy) is 2. The number of aromatic nitrogens is 1. The van der Waals surface area contributed by atoms with E-state index in [0.29, 0.717) is 28.6 Å². The van der Waals surface area contributed by atoms with Gasteiger partial charge in [-0.3, -0.25) is 4.79 Å². The van der Waals surface area contributed by atoms with Crippen LogP contribution in [-0.2, 0) is 11.2 Å². The van der Waals surface area contributed by atoms with Gasteiger partial charge in [-0.1, -0.05) is 0 Å². The number of oxazole rings is 1. The third-order valence-electron chi connectivity index (χ3n) is 2.48. The Bertz CT molecular complexity index is 568. The maximum atomic E-state index is 10.6. The Morgan fingerprint density at radius 2 is 1.89 bits per heavy atom. The molecule has 2 aromatic rings. The molecule has 2 rings (SSSR count). The largest absolute Gasteiger partial charge is 0.497 e. The average molecular weight is 263 g/mol. The molecule has 1 aromatic carbocycles. The van der Waals surface area contributed by atoms with Gasteiger partial charge in [0.25, 0.3) is 0 Å². The molecule has 1 N–H and O–H groups in total. The summed E-state index contributed by atoms with van der Waals surface area (Å²) >= 11 is 0. The Morgan fingerprint density at radius 1 is 1.26 bits per heavy atom. The number of rotatable bonds is 5. The van der Waals surface area contributed by atoms with Gasteiger partial charge in [-0.2, -0.15) is 0 Å². The summed E-state index contributed by atoms with van der Waals surface area (Å²) in [6, 6.07) is 5.20. The van der Waals surface area contributed by atoms with Crippen molar-refractivity contribution in [2.45, 2.75) is 6.42 Å². The van der Waals surface area contributed by atoms with E-state index >= 15 is 0 Å². The monoisotopic (exact) mass is 263 g/mol. The Labute approximate surface area is 109 Å². The van der Waals surface area contributed by atoms with Crippen molar-refractivity contribution in [2.24, 2.45) is 0 Å². The van der Waals surface area contributed by atoms with Crippen molar-refractivity contribution in [1.29, 1.82) is 0 Å². The van der Waals surface area contributed by atoms with E-state index in [1.54, 1.807) is 32.4 Å². The molecule has 6 nitrogen and oxygen atoms in total. The van der Waals surface area contributed by atoms with Gasteiger partial charge in [-0.25, -0.2) is 4.98 Å². The molecule has 1 heterocycles. The number of benzene rings is 1. The van der Waals surface area contributed by atoms with E-state index in [-0.39, 0.29) is 6.42 Å². The second-order valence-corrected chi connectivity index (χ2v) is 3.82. The molecule has 1 aromatic heterocycles. The lowest BCUT2D eigenvalue weighted by Crippen LogP contribution is -1.99. The van der Waals surface area contributed by atoms with Crippen LogP contribution in [0.2, 0.25) is 0 Å². The summed E-state index contributed by atoms with van der Waals surface area (Å²) in [5.41, 5.74) is 1.03. The highest BCUT2D eigenvalue weighted by molar-refractivity contribution is 5.69. The summed E-state index contributed by atoms with van der Waals surface area (Å²) in [5.74, 6) is 0.580. The molecule has 0 unspecified atom stereocenters. The van der Waals surface area contributed by atoms with Crippen LogP contribution in [0.15, 0.2) is 28.9 Å². The van der Waals surface area contributed by atoms with Crippen molar-refractivity contribution in [3.63, 3.8) is 0 Å². The molecule has 0 aliphatic rings. The van der Waals surface area contributed by atoms with Gasteiger partial charge in [0, 0.05) is 11.6 Å². The molecule has 6 heteroatoms. The number of carboxylic acid groups (broad SMARTS) is 1. The molecule has 19 heavy (non-hydrogen) atoms. The van der Waals surface area contributed by atoms with Gasteiger partial charge >= 0.3 is 5.97 Å². The molecule has 0 amide bonds. The summed E-state index contributed by atoms with van der Waals surface area (Å²) in [5, 5.41) is 8.69. The molecule has 0 spiro atoms. The van der Waals surface area contributed by atoms with E-state index in [0.717, 1.165) is 0 Å². The lowest BCUT2D eigenvalue weighted by Gasteiger charge is -2.05. The van der Waals surface area contributed by atoms with Crippen LogP contribution < -0.4 is 9.47 Å². The maximum absolute atomic E-state index is 10.6. The van der Waals surface area contributed by atoms with Crippen LogP contribution in [0.4, 0.5) is 0 Å². The summed E-state index contributed by atoms with van der Waals surface area (Å²) in [7, 11) is 3.09. The molecule has 0 atom stereocenters. The minimum absolute atomic E-state index is 0.176. The number of carboxylic acids is 1. The van der Waals surface area contributed by atoms with Gasteiger partial charge in [0.15, 0.2) is 0 Å². The summed E-state index contributed by atoms with van der Waals surface area (Å²) in [4.78, 5) is 14.7. The van der Waals surface area contributed by atoms with Crippen molar-refractivity contribution >= 4 is 5.97 Å². The minimum atomic E-state index is -0.955. The number of aliphatic carboxylic acids is 1. The van der Waals surface area contributed by atoms with Crippen LogP contribution in [0.25, 0.3) is 11.5 Å². The summed E-state index contributed by atoms with van der Waals surface area (Å²) in [6.07, 6.45) is 1.15. The molecule has 0 saturated carbocycles. The fourth-order valence-electron chi connectivity index (χ4n) is 1.61. The fourth-order valence-corrected chi connectivity index (χ4v) is 1.61. The highest BCUT2D eigenvalue weighted by atomic mass is 16.5. The number of nitrogens with zero attached hydrogens (tertiary/aromatic N) is 1. The standard InChI is InChI=1S/C13H13NO5/c1-17-10-3-8(4-11(6-10)18-2)13-14-9(7-19-13)5-12(15)16/h3-4,6-7H,5H2,1-2H3,(H,15,16). The zero-order valence-electron chi connectivity index (χ0n) is 10.5. The highest BCUT2D eigenvalue weighted by Crippen LogP contribution is 2.29. The molecular formula is C13H13NO5. The molecular weight excluding hydrogens is 250 g/mol. The number of hydrogen-bond donors (Lipinski definition) is 1. The smallest absolute Gasteiger partial charge is 0.309 e. The number of hydrogen-bond acceptors (Lipinski definition) is 5. The van der Waals surface area contributed by atoms with E-state index in [2.05, 4.69) is 4.98 Å². The first kappa shape index (κ1) is 12.9. The SMILES string of the molecule is COc1cc(OC)cc(-c2nc(CC(=O)O)co2)c1. The van der Waals surface area contributed by atoms with Crippen molar-refractivity contribution in [3.05, 3.63) is 30.2 Å². The summed E-state index contributed by atoms with van der Waals surface area (Å²) in [6.45, 7) is 0. The summed E-state index contributed by atoms with van der Waals surface area (Å²) < 4.78 is 15.6. The van der Waals surface area contributed by atoms with Crippen LogP contribution in [-0.4, -0.2) is 30.3 Å². The van der Waals surface area contributed by atoms with E-state index in [1.807, 2.05) is 0 Å².